The van der Waals surface area contributed by atoms with Crippen LogP contribution in [0.1, 0.15) is 46.5 Å². The van der Waals surface area contributed by atoms with Crippen molar-refractivity contribution in [2.75, 3.05) is 13.1 Å². The number of carbonyl (C=O) groups is 1. The van der Waals surface area contributed by atoms with E-state index >= 15 is 0 Å². The van der Waals surface area contributed by atoms with Crippen LogP contribution in [0.5, 0.6) is 0 Å². The molecule has 0 aliphatic carbocycles. The van der Waals surface area contributed by atoms with Crippen LogP contribution in [0.15, 0.2) is 0 Å². The molecule has 1 aliphatic rings. The molecule has 1 atom stereocenters. The Morgan fingerprint density at radius 3 is 2.80 bits per heavy atom. The monoisotopic (exact) mass is 212 g/mol. The summed E-state index contributed by atoms with van der Waals surface area (Å²) < 4.78 is 0. The summed E-state index contributed by atoms with van der Waals surface area (Å²) in [5.41, 5.74) is 0. The molecule has 0 aromatic rings. The molecule has 0 aromatic carbocycles. The fraction of sp³-hybridized carbons (Fsp3) is 0.917. The number of nitrogens with zero attached hydrogens (tertiary/aromatic N) is 1. The van der Waals surface area contributed by atoms with E-state index in [4.69, 9.17) is 0 Å². The first-order chi connectivity index (χ1) is 7.15. The van der Waals surface area contributed by atoms with E-state index in [1.165, 1.54) is 12.8 Å². The maximum atomic E-state index is 11.5. The Bertz CT molecular complexity index is 204. The molecule has 1 rings (SSSR count). The highest BCUT2D eigenvalue weighted by atomic mass is 16.2. The molecule has 1 saturated heterocycles. The minimum Gasteiger partial charge on any atom is -0.326 e. The van der Waals surface area contributed by atoms with Gasteiger partial charge < -0.3 is 4.90 Å². The molecule has 1 fully saturated rings. The first-order valence-corrected chi connectivity index (χ1v) is 6.18. The zero-order valence-electron chi connectivity index (χ0n) is 10.3. The van der Waals surface area contributed by atoms with Crippen LogP contribution in [0.3, 0.4) is 0 Å². The third-order valence-corrected chi connectivity index (χ3v) is 3.00. The first-order valence-electron chi connectivity index (χ1n) is 6.18. The van der Waals surface area contributed by atoms with Crippen molar-refractivity contribution in [2.45, 2.75) is 52.6 Å². The van der Waals surface area contributed by atoms with E-state index in [9.17, 15) is 4.79 Å². The zero-order chi connectivity index (χ0) is 11.3. The Kier molecular flexibility index (Phi) is 5.09. The van der Waals surface area contributed by atoms with Crippen LogP contribution in [0.25, 0.3) is 0 Å². The third kappa shape index (κ3) is 3.82. The molecule has 1 N–H and O–H groups in total. The number of carbonyl (C=O) groups excluding carboxylic acids is 1. The van der Waals surface area contributed by atoms with Gasteiger partial charge in [-0.2, -0.15) is 0 Å². The fourth-order valence-corrected chi connectivity index (χ4v) is 2.07. The molecule has 1 heterocycles. The summed E-state index contributed by atoms with van der Waals surface area (Å²) in [4.78, 5) is 13.5. The second-order valence-electron chi connectivity index (χ2n) is 4.78. The van der Waals surface area contributed by atoms with E-state index in [-0.39, 0.29) is 12.1 Å². The molecule has 1 unspecified atom stereocenters. The van der Waals surface area contributed by atoms with Crippen molar-refractivity contribution in [3.8, 4) is 0 Å². The molecular formula is C12H24N2O. The minimum absolute atomic E-state index is 0.270. The molecular weight excluding hydrogens is 188 g/mol. The van der Waals surface area contributed by atoms with Gasteiger partial charge in [-0.1, -0.05) is 33.6 Å². The second-order valence-corrected chi connectivity index (χ2v) is 4.78. The lowest BCUT2D eigenvalue weighted by atomic mass is 10.1. The Morgan fingerprint density at radius 1 is 1.47 bits per heavy atom. The molecule has 1 amide bonds. The normalized spacial score (nSPS) is 21.7. The van der Waals surface area contributed by atoms with Crippen molar-refractivity contribution in [2.24, 2.45) is 5.92 Å². The van der Waals surface area contributed by atoms with Crippen LogP contribution in [-0.4, -0.2) is 30.1 Å². The van der Waals surface area contributed by atoms with Crippen LogP contribution in [0, 0.1) is 5.92 Å². The van der Waals surface area contributed by atoms with Gasteiger partial charge in [-0.25, -0.2) is 0 Å². The van der Waals surface area contributed by atoms with Crippen molar-refractivity contribution in [1.29, 1.82) is 0 Å². The summed E-state index contributed by atoms with van der Waals surface area (Å²) in [5, 5.41) is 3.23. The van der Waals surface area contributed by atoms with Gasteiger partial charge in [0, 0.05) is 6.54 Å². The van der Waals surface area contributed by atoms with Crippen LogP contribution in [-0.2, 0) is 4.79 Å². The van der Waals surface area contributed by atoms with E-state index in [0.717, 1.165) is 25.3 Å². The number of hydrogen-bond donors (Lipinski definition) is 1. The number of unbranched alkanes of at least 4 members (excludes halogenated alkanes) is 1. The average molecular weight is 212 g/mol. The molecule has 0 saturated carbocycles. The summed E-state index contributed by atoms with van der Waals surface area (Å²) in [6.07, 6.45) is 4.94. The molecule has 3 heteroatoms. The number of rotatable bonds is 6. The summed E-state index contributed by atoms with van der Waals surface area (Å²) >= 11 is 0. The van der Waals surface area contributed by atoms with Crippen LogP contribution >= 0.6 is 0 Å². The van der Waals surface area contributed by atoms with E-state index < -0.39 is 0 Å². The minimum atomic E-state index is 0.270. The van der Waals surface area contributed by atoms with Crippen LogP contribution in [0.4, 0.5) is 0 Å². The Labute approximate surface area is 93.2 Å². The molecule has 88 valence electrons. The number of hydrogen-bond acceptors (Lipinski definition) is 2. The average Bonchev–Trinajstić information content (AvgIpc) is 2.54. The molecule has 0 bridgehead atoms. The second kappa shape index (κ2) is 6.11. The van der Waals surface area contributed by atoms with Gasteiger partial charge >= 0.3 is 0 Å². The lowest BCUT2D eigenvalue weighted by Gasteiger charge is -2.23. The van der Waals surface area contributed by atoms with Gasteiger partial charge in [0.2, 0.25) is 5.91 Å². The maximum absolute atomic E-state index is 11.5. The predicted molar refractivity (Wildman–Crippen MR) is 62.5 cm³/mol. The van der Waals surface area contributed by atoms with Gasteiger partial charge in [0.1, 0.15) is 0 Å². The van der Waals surface area contributed by atoms with E-state index in [0.29, 0.717) is 6.54 Å². The molecule has 15 heavy (non-hydrogen) atoms. The zero-order valence-corrected chi connectivity index (χ0v) is 10.3. The van der Waals surface area contributed by atoms with Crippen molar-refractivity contribution < 1.29 is 4.79 Å². The van der Waals surface area contributed by atoms with Crippen molar-refractivity contribution in [3.05, 3.63) is 0 Å². The highest BCUT2D eigenvalue weighted by molar-refractivity contribution is 5.80. The fourth-order valence-electron chi connectivity index (χ4n) is 2.07. The topological polar surface area (TPSA) is 32.3 Å². The Hall–Kier alpha value is -0.570. The maximum Gasteiger partial charge on any atom is 0.237 e. The summed E-state index contributed by atoms with van der Waals surface area (Å²) in [7, 11) is 0. The summed E-state index contributed by atoms with van der Waals surface area (Å²) in [6.45, 7) is 8.08. The van der Waals surface area contributed by atoms with Crippen molar-refractivity contribution >= 4 is 5.91 Å². The van der Waals surface area contributed by atoms with E-state index in [1.54, 1.807) is 0 Å². The van der Waals surface area contributed by atoms with Crippen molar-refractivity contribution in [1.82, 2.24) is 10.2 Å². The van der Waals surface area contributed by atoms with Crippen LogP contribution in [0.2, 0.25) is 0 Å². The van der Waals surface area contributed by atoms with Gasteiger partial charge in [-0.05, 0) is 18.8 Å². The number of nitrogens with one attached hydrogen (secondary N) is 1. The quantitative estimate of drug-likeness (QED) is 0.683. The van der Waals surface area contributed by atoms with Gasteiger partial charge in [0.05, 0.1) is 12.7 Å². The lowest BCUT2D eigenvalue weighted by Crippen LogP contribution is -2.37. The Balaban J connectivity index is 2.21. The standard InChI is InChI=1S/C12H24N2O/c1-4-11-13-9-12(15)14(11)8-6-5-7-10(2)3/h10-11,13H,4-9H2,1-3H3. The van der Waals surface area contributed by atoms with E-state index in [2.05, 4.69) is 26.1 Å². The van der Waals surface area contributed by atoms with Crippen molar-refractivity contribution in [3.63, 3.8) is 0 Å². The van der Waals surface area contributed by atoms with Gasteiger partial charge in [-0.15, -0.1) is 0 Å². The third-order valence-electron chi connectivity index (χ3n) is 3.00. The molecule has 0 aromatic heterocycles. The smallest absolute Gasteiger partial charge is 0.237 e. The lowest BCUT2D eigenvalue weighted by molar-refractivity contribution is -0.128. The molecule has 3 nitrogen and oxygen atoms in total. The highest BCUT2D eigenvalue weighted by Crippen LogP contribution is 2.12. The molecule has 0 spiro atoms. The number of amides is 1. The molecule has 1 aliphatic heterocycles. The summed E-state index contributed by atoms with van der Waals surface area (Å²) in [6, 6.07) is 0. The van der Waals surface area contributed by atoms with Gasteiger partial charge in [0.15, 0.2) is 0 Å². The highest BCUT2D eigenvalue weighted by Gasteiger charge is 2.27. The van der Waals surface area contributed by atoms with Crippen LogP contribution < -0.4 is 5.32 Å². The van der Waals surface area contributed by atoms with Gasteiger partial charge in [0.25, 0.3) is 0 Å². The molecule has 0 radical (unpaired) electrons. The first kappa shape index (κ1) is 12.5. The summed E-state index contributed by atoms with van der Waals surface area (Å²) in [5.74, 6) is 1.05. The Morgan fingerprint density at radius 2 is 2.20 bits per heavy atom. The predicted octanol–water partition coefficient (Wildman–Crippen LogP) is 1.98. The SMILES string of the molecule is CCC1NCC(=O)N1CCCCC(C)C. The van der Waals surface area contributed by atoms with Gasteiger partial charge in [-0.3, -0.25) is 10.1 Å². The largest absolute Gasteiger partial charge is 0.326 e. The van der Waals surface area contributed by atoms with E-state index in [1.807, 2.05) is 4.90 Å².